The molecule has 2 N–H and O–H groups in total. The third-order valence-corrected chi connectivity index (χ3v) is 2.97. The number of aromatic nitrogens is 1. The Morgan fingerprint density at radius 2 is 1.94 bits per heavy atom. The van der Waals surface area contributed by atoms with Gasteiger partial charge in [0.05, 0.1) is 11.7 Å². The summed E-state index contributed by atoms with van der Waals surface area (Å²) in [6.45, 7) is 8.02. The zero-order valence-corrected chi connectivity index (χ0v) is 11.2. The van der Waals surface area contributed by atoms with Crippen LogP contribution < -0.4 is 5.32 Å². The third kappa shape index (κ3) is 2.52. The van der Waals surface area contributed by atoms with E-state index in [1.807, 2.05) is 0 Å². The minimum atomic E-state index is -1.47. The zero-order chi connectivity index (χ0) is 14.1. The van der Waals surface area contributed by atoms with Crippen molar-refractivity contribution in [3.63, 3.8) is 0 Å². The lowest BCUT2D eigenvalue weighted by atomic mass is 9.92. The van der Waals surface area contributed by atoms with Gasteiger partial charge in [0.1, 0.15) is 11.2 Å². The van der Waals surface area contributed by atoms with Gasteiger partial charge in [0, 0.05) is 5.56 Å². The molecule has 1 unspecified atom stereocenters. The molecule has 0 saturated carbocycles. The molecule has 1 rings (SSSR count). The summed E-state index contributed by atoms with van der Waals surface area (Å²) < 4.78 is 5.01. The molecule has 0 saturated heterocycles. The van der Waals surface area contributed by atoms with E-state index in [1.54, 1.807) is 20.8 Å². The first-order chi connectivity index (χ1) is 8.17. The maximum Gasteiger partial charge on any atom is 0.318 e. The highest BCUT2D eigenvalue weighted by molar-refractivity contribution is 6.01. The van der Waals surface area contributed by atoms with E-state index in [1.165, 1.54) is 13.8 Å². The van der Waals surface area contributed by atoms with Crippen LogP contribution in [0, 0.1) is 19.3 Å². The number of rotatable bonds is 4. The zero-order valence-electron chi connectivity index (χ0n) is 11.2. The van der Waals surface area contributed by atoms with E-state index in [2.05, 4.69) is 10.5 Å². The van der Waals surface area contributed by atoms with Crippen LogP contribution in [0.3, 0.4) is 0 Å². The minimum absolute atomic E-state index is 0.345. The Bertz CT molecular complexity index is 457. The second kappa shape index (κ2) is 4.80. The fraction of sp³-hybridized carbons (Fsp3) is 0.583. The highest BCUT2D eigenvalue weighted by Crippen LogP contribution is 2.23. The molecule has 0 aliphatic carbocycles. The Morgan fingerprint density at radius 3 is 2.33 bits per heavy atom. The van der Waals surface area contributed by atoms with Crippen molar-refractivity contribution in [3.8, 4) is 0 Å². The van der Waals surface area contributed by atoms with Gasteiger partial charge < -0.3 is 14.9 Å². The first-order valence-electron chi connectivity index (χ1n) is 5.65. The number of carboxylic acid groups (broad SMARTS) is 1. The van der Waals surface area contributed by atoms with Crippen LogP contribution >= 0.6 is 0 Å². The van der Waals surface area contributed by atoms with E-state index in [4.69, 9.17) is 9.63 Å². The Hall–Kier alpha value is -1.85. The molecule has 100 valence electrons. The van der Waals surface area contributed by atoms with Crippen molar-refractivity contribution in [1.82, 2.24) is 10.5 Å². The molecular formula is C12H18N2O4. The van der Waals surface area contributed by atoms with Crippen molar-refractivity contribution < 1.29 is 19.2 Å². The monoisotopic (exact) mass is 254 g/mol. The predicted molar refractivity (Wildman–Crippen MR) is 64.0 cm³/mol. The molecule has 6 heteroatoms. The van der Waals surface area contributed by atoms with E-state index < -0.39 is 17.3 Å². The molecule has 1 atom stereocenters. The van der Waals surface area contributed by atoms with Gasteiger partial charge in [-0.15, -0.1) is 0 Å². The Labute approximate surface area is 105 Å². The standard InChI is InChI=1S/C12H18N2O4/c1-6(9-7(2)14-18-8(9)3)13-10(15)12(4,5)11(16)17/h6H,1-5H3,(H,13,15)(H,16,17). The number of nitrogens with one attached hydrogen (secondary N) is 1. The summed E-state index contributed by atoms with van der Waals surface area (Å²) in [5.74, 6) is -1.08. The van der Waals surface area contributed by atoms with Gasteiger partial charge in [-0.2, -0.15) is 0 Å². The molecule has 0 bridgehead atoms. The first-order valence-corrected chi connectivity index (χ1v) is 5.65. The van der Waals surface area contributed by atoms with E-state index in [-0.39, 0.29) is 6.04 Å². The van der Waals surface area contributed by atoms with Crippen LogP contribution in [0.25, 0.3) is 0 Å². The molecule has 0 radical (unpaired) electrons. The summed E-state index contributed by atoms with van der Waals surface area (Å²) in [4.78, 5) is 22.9. The van der Waals surface area contributed by atoms with Gasteiger partial charge in [-0.25, -0.2) is 0 Å². The normalized spacial score (nSPS) is 13.2. The first kappa shape index (κ1) is 14.2. The van der Waals surface area contributed by atoms with Crippen molar-refractivity contribution in [1.29, 1.82) is 0 Å². The van der Waals surface area contributed by atoms with Crippen molar-refractivity contribution in [2.75, 3.05) is 0 Å². The number of aliphatic carboxylic acids is 1. The number of hydrogen-bond acceptors (Lipinski definition) is 4. The SMILES string of the molecule is Cc1noc(C)c1C(C)NC(=O)C(C)(C)C(=O)O. The fourth-order valence-electron chi connectivity index (χ4n) is 1.65. The van der Waals surface area contributed by atoms with Crippen LogP contribution in [0.1, 0.15) is 43.8 Å². The van der Waals surface area contributed by atoms with Gasteiger partial charge in [0.25, 0.3) is 0 Å². The largest absolute Gasteiger partial charge is 0.480 e. The molecule has 0 fully saturated rings. The third-order valence-electron chi connectivity index (χ3n) is 2.97. The molecule has 0 aliphatic heterocycles. The Kier molecular flexibility index (Phi) is 3.79. The number of nitrogens with zero attached hydrogens (tertiary/aromatic N) is 1. The summed E-state index contributed by atoms with van der Waals surface area (Å²) in [6.07, 6.45) is 0. The van der Waals surface area contributed by atoms with Gasteiger partial charge in [-0.1, -0.05) is 5.16 Å². The summed E-state index contributed by atoms with van der Waals surface area (Å²) >= 11 is 0. The van der Waals surface area contributed by atoms with Crippen molar-refractivity contribution >= 4 is 11.9 Å². The lowest BCUT2D eigenvalue weighted by Crippen LogP contribution is -2.43. The quantitative estimate of drug-likeness (QED) is 0.796. The van der Waals surface area contributed by atoms with Crippen LogP contribution in [0.2, 0.25) is 0 Å². The second-order valence-electron chi connectivity index (χ2n) is 4.86. The number of carboxylic acids is 1. The molecule has 0 spiro atoms. The topological polar surface area (TPSA) is 92.4 Å². The Balaban J connectivity index is 2.87. The van der Waals surface area contributed by atoms with Gasteiger partial charge in [-0.3, -0.25) is 9.59 Å². The molecule has 6 nitrogen and oxygen atoms in total. The lowest BCUT2D eigenvalue weighted by molar-refractivity contribution is -0.153. The average molecular weight is 254 g/mol. The van der Waals surface area contributed by atoms with Crippen molar-refractivity contribution in [2.45, 2.75) is 40.7 Å². The van der Waals surface area contributed by atoms with Crippen LogP contribution in [-0.2, 0) is 9.59 Å². The van der Waals surface area contributed by atoms with Crippen LogP contribution in [-0.4, -0.2) is 22.1 Å². The molecular weight excluding hydrogens is 236 g/mol. The van der Waals surface area contributed by atoms with Crippen LogP contribution in [0.15, 0.2) is 4.52 Å². The van der Waals surface area contributed by atoms with E-state index in [0.717, 1.165) is 5.56 Å². The maximum atomic E-state index is 11.9. The highest BCUT2D eigenvalue weighted by atomic mass is 16.5. The Morgan fingerprint density at radius 1 is 1.39 bits per heavy atom. The summed E-state index contributed by atoms with van der Waals surface area (Å²) in [7, 11) is 0. The van der Waals surface area contributed by atoms with Crippen LogP contribution in [0.4, 0.5) is 0 Å². The number of amides is 1. The van der Waals surface area contributed by atoms with Crippen molar-refractivity contribution in [3.05, 3.63) is 17.0 Å². The van der Waals surface area contributed by atoms with Gasteiger partial charge >= 0.3 is 5.97 Å². The molecule has 0 aromatic carbocycles. The molecule has 0 aliphatic rings. The number of carbonyl (C=O) groups is 2. The van der Waals surface area contributed by atoms with Crippen molar-refractivity contribution in [2.24, 2.45) is 5.41 Å². The van der Waals surface area contributed by atoms with Gasteiger partial charge in [-0.05, 0) is 34.6 Å². The van der Waals surface area contributed by atoms with E-state index in [0.29, 0.717) is 11.5 Å². The van der Waals surface area contributed by atoms with E-state index in [9.17, 15) is 9.59 Å². The number of hydrogen-bond donors (Lipinski definition) is 2. The average Bonchev–Trinajstić information content (AvgIpc) is 2.57. The molecule has 1 amide bonds. The number of aryl methyl sites for hydroxylation is 2. The fourth-order valence-corrected chi connectivity index (χ4v) is 1.65. The summed E-state index contributed by atoms with van der Waals surface area (Å²) in [6, 6.07) is -0.345. The summed E-state index contributed by atoms with van der Waals surface area (Å²) in [5, 5.41) is 15.4. The minimum Gasteiger partial charge on any atom is -0.480 e. The molecule has 1 aromatic rings. The van der Waals surface area contributed by atoms with Gasteiger partial charge in [0.15, 0.2) is 0 Å². The number of carbonyl (C=O) groups excluding carboxylic acids is 1. The molecule has 1 heterocycles. The summed E-state index contributed by atoms with van der Waals surface area (Å²) in [5.41, 5.74) is 0.00530. The lowest BCUT2D eigenvalue weighted by Gasteiger charge is -2.22. The predicted octanol–water partition coefficient (Wildman–Crippen LogP) is 1.58. The maximum absolute atomic E-state index is 11.9. The molecule has 18 heavy (non-hydrogen) atoms. The van der Waals surface area contributed by atoms with E-state index >= 15 is 0 Å². The van der Waals surface area contributed by atoms with Gasteiger partial charge in [0.2, 0.25) is 5.91 Å². The second-order valence-corrected chi connectivity index (χ2v) is 4.86. The van der Waals surface area contributed by atoms with Crippen LogP contribution in [0.5, 0.6) is 0 Å². The smallest absolute Gasteiger partial charge is 0.318 e. The highest BCUT2D eigenvalue weighted by Gasteiger charge is 2.37. The molecule has 1 aromatic heterocycles.